The number of hydrogen-bond donors (Lipinski definition) is 1. The van der Waals surface area contributed by atoms with Crippen molar-refractivity contribution in [1.29, 1.82) is 0 Å². The van der Waals surface area contributed by atoms with Crippen molar-refractivity contribution in [3.8, 4) is 0 Å². The second-order valence-electron chi connectivity index (χ2n) is 6.94. The van der Waals surface area contributed by atoms with Crippen molar-refractivity contribution in [3.05, 3.63) is 70.8 Å². The van der Waals surface area contributed by atoms with E-state index in [-0.39, 0.29) is 10.9 Å². The summed E-state index contributed by atoms with van der Waals surface area (Å²) >= 11 is 1.56. The molecule has 0 saturated carbocycles. The Kier molecular flexibility index (Phi) is 5.91. The molecule has 0 radical (unpaired) electrons. The highest BCUT2D eigenvalue weighted by molar-refractivity contribution is 7.89. The molecule has 1 fully saturated rings. The molecule has 9 heteroatoms. The van der Waals surface area contributed by atoms with Crippen LogP contribution in [0, 0.1) is 0 Å². The van der Waals surface area contributed by atoms with E-state index in [1.807, 2.05) is 42.8 Å². The molecule has 152 valence electrons. The van der Waals surface area contributed by atoms with Gasteiger partial charge in [0.2, 0.25) is 10.0 Å². The van der Waals surface area contributed by atoms with Crippen molar-refractivity contribution in [2.45, 2.75) is 10.9 Å². The van der Waals surface area contributed by atoms with Crippen molar-refractivity contribution < 1.29 is 8.42 Å². The average Bonchev–Trinajstić information content (AvgIpc) is 3.28. The predicted molar refractivity (Wildman–Crippen MR) is 115 cm³/mol. The van der Waals surface area contributed by atoms with Gasteiger partial charge in [0.15, 0.2) is 0 Å². The SMILES string of the molecule is CN1CCN(S(=O)(=O)c2ccc(NC(c3ccccc3)c3nccs3)nc2)CC1. The van der Waals surface area contributed by atoms with Crippen LogP contribution in [0.2, 0.25) is 0 Å². The fourth-order valence-electron chi connectivity index (χ4n) is 3.25. The molecule has 0 amide bonds. The first-order valence-corrected chi connectivity index (χ1v) is 11.7. The number of sulfonamides is 1. The summed E-state index contributed by atoms with van der Waals surface area (Å²) in [7, 11) is -1.52. The standard InChI is InChI=1S/C20H23N5O2S2/c1-24-10-12-25(13-11-24)29(26,27)17-7-8-18(22-15-17)23-19(20-21-9-14-28-20)16-5-3-2-4-6-16/h2-9,14-15,19H,10-13H2,1H3,(H,22,23). The summed E-state index contributed by atoms with van der Waals surface area (Å²) in [6.07, 6.45) is 3.21. The van der Waals surface area contributed by atoms with Gasteiger partial charge in [0.25, 0.3) is 0 Å². The smallest absolute Gasteiger partial charge is 0.244 e. The number of pyridine rings is 1. The maximum absolute atomic E-state index is 12.9. The minimum atomic E-state index is -3.52. The van der Waals surface area contributed by atoms with Gasteiger partial charge in [-0.15, -0.1) is 11.3 Å². The molecule has 3 aromatic rings. The predicted octanol–water partition coefficient (Wildman–Crippen LogP) is 2.68. The monoisotopic (exact) mass is 429 g/mol. The molecule has 0 spiro atoms. The van der Waals surface area contributed by atoms with Crippen molar-refractivity contribution in [2.75, 3.05) is 38.5 Å². The molecule has 3 heterocycles. The molecule has 2 aromatic heterocycles. The van der Waals surface area contributed by atoms with Gasteiger partial charge < -0.3 is 10.2 Å². The second-order valence-corrected chi connectivity index (χ2v) is 9.81. The van der Waals surface area contributed by atoms with Crippen LogP contribution in [-0.2, 0) is 10.0 Å². The van der Waals surface area contributed by atoms with Gasteiger partial charge >= 0.3 is 0 Å². The Labute approximate surface area is 175 Å². The van der Waals surface area contributed by atoms with Gasteiger partial charge in [-0.25, -0.2) is 18.4 Å². The van der Waals surface area contributed by atoms with E-state index in [2.05, 4.69) is 20.2 Å². The number of anilines is 1. The number of nitrogens with one attached hydrogen (secondary N) is 1. The highest BCUT2D eigenvalue weighted by Gasteiger charge is 2.27. The third-order valence-corrected chi connectivity index (χ3v) is 7.68. The van der Waals surface area contributed by atoms with Crippen molar-refractivity contribution in [2.24, 2.45) is 0 Å². The van der Waals surface area contributed by atoms with E-state index >= 15 is 0 Å². The number of benzene rings is 1. The molecule has 1 saturated heterocycles. The molecular formula is C20H23N5O2S2. The highest BCUT2D eigenvalue weighted by Crippen LogP contribution is 2.28. The molecule has 1 aliphatic heterocycles. The van der Waals surface area contributed by atoms with E-state index in [0.29, 0.717) is 18.9 Å². The van der Waals surface area contributed by atoms with Gasteiger partial charge in [-0.3, -0.25) is 0 Å². The van der Waals surface area contributed by atoms with Gasteiger partial charge in [0, 0.05) is 44.0 Å². The summed E-state index contributed by atoms with van der Waals surface area (Å²) in [6.45, 7) is 2.47. The van der Waals surface area contributed by atoms with E-state index < -0.39 is 10.0 Å². The number of likely N-dealkylation sites (N-methyl/N-ethyl adjacent to an activating group) is 1. The zero-order valence-electron chi connectivity index (χ0n) is 16.1. The minimum Gasteiger partial charge on any atom is -0.357 e. The van der Waals surface area contributed by atoms with Gasteiger partial charge in [0.1, 0.15) is 21.8 Å². The molecule has 0 aliphatic carbocycles. The summed E-state index contributed by atoms with van der Waals surface area (Å²) < 4.78 is 27.3. The molecule has 1 aliphatic rings. The van der Waals surface area contributed by atoms with Crippen LogP contribution in [0.4, 0.5) is 5.82 Å². The summed E-state index contributed by atoms with van der Waals surface area (Å²) in [4.78, 5) is 11.2. The molecule has 1 N–H and O–H groups in total. The number of hydrogen-bond acceptors (Lipinski definition) is 7. The third-order valence-electron chi connectivity index (χ3n) is 4.96. The summed E-state index contributed by atoms with van der Waals surface area (Å²) in [5, 5.41) is 6.24. The van der Waals surface area contributed by atoms with Crippen LogP contribution in [0.15, 0.2) is 65.1 Å². The topological polar surface area (TPSA) is 78.4 Å². The van der Waals surface area contributed by atoms with Crippen LogP contribution in [-0.4, -0.2) is 60.8 Å². The second kappa shape index (κ2) is 8.58. The Morgan fingerprint density at radius 1 is 1.03 bits per heavy atom. The Bertz CT molecular complexity index is 1020. The average molecular weight is 430 g/mol. The van der Waals surface area contributed by atoms with E-state index in [4.69, 9.17) is 0 Å². The lowest BCUT2D eigenvalue weighted by Crippen LogP contribution is -2.47. The maximum Gasteiger partial charge on any atom is 0.244 e. The molecule has 7 nitrogen and oxygen atoms in total. The Hall–Kier alpha value is -2.33. The Balaban J connectivity index is 1.54. The van der Waals surface area contributed by atoms with Gasteiger partial charge in [0.05, 0.1) is 0 Å². The van der Waals surface area contributed by atoms with Crippen LogP contribution in [0.25, 0.3) is 0 Å². The molecule has 1 aromatic carbocycles. The number of piperazine rings is 1. The van der Waals surface area contributed by atoms with Crippen molar-refractivity contribution in [1.82, 2.24) is 19.2 Å². The normalized spacial score (nSPS) is 17.1. The zero-order valence-corrected chi connectivity index (χ0v) is 17.7. The molecule has 29 heavy (non-hydrogen) atoms. The van der Waals surface area contributed by atoms with E-state index in [0.717, 1.165) is 23.7 Å². The number of aromatic nitrogens is 2. The van der Waals surface area contributed by atoms with E-state index in [9.17, 15) is 8.42 Å². The number of thiazole rings is 1. The van der Waals surface area contributed by atoms with Crippen LogP contribution < -0.4 is 5.32 Å². The molecule has 1 unspecified atom stereocenters. The van der Waals surface area contributed by atoms with Crippen LogP contribution in [0.5, 0.6) is 0 Å². The summed E-state index contributed by atoms with van der Waals surface area (Å²) in [6, 6.07) is 13.2. The Morgan fingerprint density at radius 2 is 1.79 bits per heavy atom. The fraction of sp³-hybridized carbons (Fsp3) is 0.300. The molecule has 0 bridgehead atoms. The van der Waals surface area contributed by atoms with Crippen LogP contribution in [0.3, 0.4) is 0 Å². The fourth-order valence-corrected chi connectivity index (χ4v) is 5.34. The lowest BCUT2D eigenvalue weighted by atomic mass is 10.1. The molecular weight excluding hydrogens is 406 g/mol. The van der Waals surface area contributed by atoms with Crippen molar-refractivity contribution >= 4 is 27.2 Å². The summed E-state index contributed by atoms with van der Waals surface area (Å²) in [5.41, 5.74) is 1.07. The lowest BCUT2D eigenvalue weighted by Gasteiger charge is -2.31. The third kappa shape index (κ3) is 4.48. The van der Waals surface area contributed by atoms with Gasteiger partial charge in [-0.2, -0.15) is 4.31 Å². The molecule has 1 atom stereocenters. The zero-order chi connectivity index (χ0) is 20.3. The van der Waals surface area contributed by atoms with Crippen molar-refractivity contribution in [3.63, 3.8) is 0 Å². The largest absolute Gasteiger partial charge is 0.357 e. The van der Waals surface area contributed by atoms with Crippen LogP contribution in [0.1, 0.15) is 16.6 Å². The number of nitrogens with zero attached hydrogens (tertiary/aromatic N) is 4. The number of rotatable bonds is 6. The first-order valence-electron chi connectivity index (χ1n) is 9.39. The Morgan fingerprint density at radius 3 is 2.41 bits per heavy atom. The highest BCUT2D eigenvalue weighted by atomic mass is 32.2. The maximum atomic E-state index is 12.9. The minimum absolute atomic E-state index is 0.149. The van der Waals surface area contributed by atoms with Gasteiger partial charge in [-0.05, 0) is 24.7 Å². The first kappa shape index (κ1) is 20.0. The quantitative estimate of drug-likeness (QED) is 0.649. The van der Waals surface area contributed by atoms with Crippen LogP contribution >= 0.6 is 11.3 Å². The van der Waals surface area contributed by atoms with E-state index in [1.165, 1.54) is 10.5 Å². The lowest BCUT2D eigenvalue weighted by molar-refractivity contribution is 0.222. The van der Waals surface area contributed by atoms with Gasteiger partial charge in [-0.1, -0.05) is 30.3 Å². The first-order chi connectivity index (χ1) is 14.0. The van der Waals surface area contributed by atoms with E-state index in [1.54, 1.807) is 29.7 Å². The molecule has 4 rings (SSSR count). The summed E-state index contributed by atoms with van der Waals surface area (Å²) in [5.74, 6) is 0.603.